The van der Waals surface area contributed by atoms with Crippen molar-refractivity contribution in [1.29, 1.82) is 0 Å². The number of hydrogen-bond donors (Lipinski definition) is 1. The lowest BCUT2D eigenvalue weighted by Crippen LogP contribution is -2.30. The molecule has 1 fully saturated rings. The van der Waals surface area contributed by atoms with Gasteiger partial charge in [0, 0.05) is 6.54 Å². The summed E-state index contributed by atoms with van der Waals surface area (Å²) < 4.78 is 12.6. The van der Waals surface area contributed by atoms with Crippen LogP contribution in [0.5, 0.6) is 11.5 Å². The molecule has 0 aromatic heterocycles. The van der Waals surface area contributed by atoms with Crippen molar-refractivity contribution in [2.24, 2.45) is 0 Å². The smallest absolute Gasteiger partial charge is 0.329 e. The molecule has 1 N–H and O–H groups in total. The van der Waals surface area contributed by atoms with E-state index in [4.69, 9.17) is 9.47 Å². The lowest BCUT2D eigenvalue weighted by molar-refractivity contribution is -0.122. The van der Waals surface area contributed by atoms with E-state index in [1.165, 1.54) is 6.08 Å². The first-order chi connectivity index (χ1) is 14.0. The summed E-state index contributed by atoms with van der Waals surface area (Å²) >= 11 is 2.18. The van der Waals surface area contributed by atoms with E-state index in [0.717, 1.165) is 19.6 Å². The second-order valence-electron chi connectivity index (χ2n) is 6.23. The topological polar surface area (TPSA) is 67.9 Å². The molecule has 0 atom stereocenters. The normalized spacial score (nSPS) is 14.8. The number of nitrogens with zero attached hydrogens (tertiary/aromatic N) is 1. The lowest BCUT2D eigenvalue weighted by atomic mass is 10.1. The van der Waals surface area contributed by atoms with E-state index in [2.05, 4.69) is 34.5 Å². The van der Waals surface area contributed by atoms with Gasteiger partial charge >= 0.3 is 6.03 Å². The van der Waals surface area contributed by atoms with Gasteiger partial charge in [-0.25, -0.2) is 4.79 Å². The van der Waals surface area contributed by atoms with Crippen LogP contribution in [0, 0.1) is 3.57 Å². The number of nitrogens with one attached hydrogen (secondary N) is 1. The van der Waals surface area contributed by atoms with Crippen molar-refractivity contribution in [2.45, 2.75) is 13.5 Å². The zero-order chi connectivity index (χ0) is 20.8. The van der Waals surface area contributed by atoms with Gasteiger partial charge < -0.3 is 14.8 Å². The number of imide groups is 1. The number of amides is 3. The van der Waals surface area contributed by atoms with E-state index in [1.54, 1.807) is 12.1 Å². The zero-order valence-electron chi connectivity index (χ0n) is 16.0. The number of ether oxygens (including phenoxy) is 2. The van der Waals surface area contributed by atoms with Crippen LogP contribution in [0.25, 0.3) is 6.08 Å². The van der Waals surface area contributed by atoms with E-state index in [1.807, 2.05) is 43.3 Å². The van der Waals surface area contributed by atoms with Crippen LogP contribution in [0.4, 0.5) is 4.79 Å². The van der Waals surface area contributed by atoms with Gasteiger partial charge in [0.05, 0.1) is 10.2 Å². The monoisotopic (exact) mass is 504 g/mol. The Morgan fingerprint density at radius 3 is 2.62 bits per heavy atom. The Morgan fingerprint density at radius 1 is 1.17 bits per heavy atom. The Morgan fingerprint density at radius 2 is 1.93 bits per heavy atom. The SMILES string of the molecule is C=CCN1C(=O)N/C(=C/c2cc(I)c(OCc3ccccc3)c(OCC)c2)C1=O. The summed E-state index contributed by atoms with van der Waals surface area (Å²) in [5, 5.41) is 2.60. The van der Waals surface area contributed by atoms with Gasteiger partial charge in [0.2, 0.25) is 0 Å². The summed E-state index contributed by atoms with van der Waals surface area (Å²) in [6.07, 6.45) is 3.14. The predicted molar refractivity (Wildman–Crippen MR) is 120 cm³/mol. The largest absolute Gasteiger partial charge is 0.490 e. The minimum atomic E-state index is -0.455. The molecule has 0 unspecified atom stereocenters. The average molecular weight is 504 g/mol. The van der Waals surface area contributed by atoms with Gasteiger partial charge in [0.15, 0.2) is 11.5 Å². The first kappa shape index (κ1) is 20.9. The first-order valence-electron chi connectivity index (χ1n) is 9.12. The predicted octanol–water partition coefficient (Wildman–Crippen LogP) is 4.35. The van der Waals surface area contributed by atoms with Crippen LogP contribution in [-0.2, 0) is 11.4 Å². The standard InChI is InChI=1S/C22H21IN2O4/c1-3-10-25-21(26)18(24-22(25)27)12-16-11-17(23)20(19(13-16)28-4-2)29-14-15-8-6-5-7-9-15/h3,5-9,11-13H,1,4,10,14H2,2H3,(H,24,27)/b18-12+. The molecule has 0 radical (unpaired) electrons. The fraction of sp³-hybridized carbons (Fsp3) is 0.182. The fourth-order valence-corrected chi connectivity index (χ4v) is 3.62. The Hall–Kier alpha value is -2.81. The molecule has 3 amide bonds. The summed E-state index contributed by atoms with van der Waals surface area (Å²) in [6, 6.07) is 13.1. The Labute approximate surface area is 183 Å². The Balaban J connectivity index is 1.87. The maximum absolute atomic E-state index is 12.4. The summed E-state index contributed by atoms with van der Waals surface area (Å²) in [4.78, 5) is 25.4. The summed E-state index contributed by atoms with van der Waals surface area (Å²) in [5.41, 5.74) is 2.00. The van der Waals surface area contributed by atoms with Crippen molar-refractivity contribution < 1.29 is 19.1 Å². The van der Waals surface area contributed by atoms with E-state index in [-0.39, 0.29) is 18.1 Å². The number of carbonyl (C=O) groups is 2. The molecule has 29 heavy (non-hydrogen) atoms. The average Bonchev–Trinajstić information content (AvgIpc) is 2.96. The number of carbonyl (C=O) groups excluding carboxylic acids is 2. The summed E-state index contributed by atoms with van der Waals surface area (Å²) in [7, 11) is 0. The van der Waals surface area contributed by atoms with Gasteiger partial charge in [0.25, 0.3) is 5.91 Å². The van der Waals surface area contributed by atoms with Crippen molar-refractivity contribution in [3.8, 4) is 11.5 Å². The highest BCUT2D eigenvalue weighted by Crippen LogP contribution is 2.35. The van der Waals surface area contributed by atoms with Crippen LogP contribution in [-0.4, -0.2) is 30.0 Å². The van der Waals surface area contributed by atoms with Crippen LogP contribution in [0.1, 0.15) is 18.1 Å². The van der Waals surface area contributed by atoms with Crippen molar-refractivity contribution in [1.82, 2.24) is 10.2 Å². The fourth-order valence-electron chi connectivity index (χ4n) is 2.84. The lowest BCUT2D eigenvalue weighted by Gasteiger charge is -2.15. The zero-order valence-corrected chi connectivity index (χ0v) is 18.1. The molecule has 6 nitrogen and oxygen atoms in total. The quantitative estimate of drug-likeness (QED) is 0.251. The molecule has 0 spiro atoms. The van der Waals surface area contributed by atoms with Crippen molar-refractivity contribution in [3.63, 3.8) is 0 Å². The Kier molecular flexibility index (Phi) is 6.92. The van der Waals surface area contributed by atoms with Gasteiger partial charge in [0.1, 0.15) is 12.3 Å². The van der Waals surface area contributed by atoms with E-state index >= 15 is 0 Å². The molecule has 0 aliphatic carbocycles. The van der Waals surface area contributed by atoms with E-state index in [0.29, 0.717) is 24.7 Å². The molecule has 1 aliphatic heterocycles. The van der Waals surface area contributed by atoms with Gasteiger partial charge in [-0.05, 0) is 58.9 Å². The molecule has 1 heterocycles. The molecule has 1 saturated heterocycles. The van der Waals surface area contributed by atoms with E-state index < -0.39 is 6.03 Å². The van der Waals surface area contributed by atoms with Crippen LogP contribution >= 0.6 is 22.6 Å². The van der Waals surface area contributed by atoms with Crippen LogP contribution in [0.2, 0.25) is 0 Å². The molecule has 150 valence electrons. The Bertz CT molecular complexity index is 957. The van der Waals surface area contributed by atoms with Crippen LogP contribution < -0.4 is 14.8 Å². The number of hydrogen-bond acceptors (Lipinski definition) is 4. The molecule has 2 aromatic rings. The van der Waals surface area contributed by atoms with Crippen molar-refractivity contribution in [3.05, 3.63) is 75.5 Å². The third kappa shape index (κ3) is 4.97. The summed E-state index contributed by atoms with van der Waals surface area (Å²) in [5.74, 6) is 0.850. The van der Waals surface area contributed by atoms with Crippen molar-refractivity contribution in [2.75, 3.05) is 13.2 Å². The second kappa shape index (κ2) is 9.60. The molecule has 7 heteroatoms. The molecule has 1 aliphatic rings. The minimum Gasteiger partial charge on any atom is -0.490 e. The van der Waals surface area contributed by atoms with E-state index in [9.17, 15) is 9.59 Å². The molecule has 0 bridgehead atoms. The highest BCUT2D eigenvalue weighted by molar-refractivity contribution is 14.1. The highest BCUT2D eigenvalue weighted by atomic mass is 127. The third-order valence-corrected chi connectivity index (χ3v) is 4.94. The summed E-state index contributed by atoms with van der Waals surface area (Å²) in [6.45, 7) is 6.52. The van der Waals surface area contributed by atoms with Crippen molar-refractivity contribution >= 4 is 40.6 Å². The minimum absolute atomic E-state index is 0.163. The van der Waals surface area contributed by atoms with Gasteiger partial charge in [-0.3, -0.25) is 9.69 Å². The molecular weight excluding hydrogens is 483 g/mol. The third-order valence-electron chi connectivity index (χ3n) is 4.14. The van der Waals surface area contributed by atoms with Gasteiger partial charge in [-0.1, -0.05) is 36.4 Å². The van der Waals surface area contributed by atoms with Crippen LogP contribution in [0.3, 0.4) is 0 Å². The molecule has 3 rings (SSSR count). The first-order valence-corrected chi connectivity index (χ1v) is 10.2. The van der Waals surface area contributed by atoms with Gasteiger partial charge in [-0.2, -0.15) is 0 Å². The highest BCUT2D eigenvalue weighted by Gasteiger charge is 2.32. The molecule has 0 saturated carbocycles. The number of rotatable bonds is 8. The number of halogens is 1. The van der Waals surface area contributed by atoms with Gasteiger partial charge in [-0.15, -0.1) is 6.58 Å². The molecule has 2 aromatic carbocycles. The molecular formula is C22H21IN2O4. The number of benzene rings is 2. The second-order valence-corrected chi connectivity index (χ2v) is 7.39. The van der Waals surface area contributed by atoms with Crippen LogP contribution in [0.15, 0.2) is 60.8 Å². The maximum atomic E-state index is 12.4. The maximum Gasteiger partial charge on any atom is 0.329 e. The number of urea groups is 1.